The molecule has 0 spiro atoms. The number of rotatable bonds is 5. The fourth-order valence-corrected chi connectivity index (χ4v) is 2.38. The molecule has 0 saturated heterocycles. The number of aromatic nitrogens is 2. The summed E-state index contributed by atoms with van der Waals surface area (Å²) in [6.45, 7) is 0.467. The lowest BCUT2D eigenvalue weighted by Crippen LogP contribution is -2.30. The average molecular weight is 319 g/mol. The SMILES string of the molecule is COc1ccc(N(Cc2ccccc2)C(=O)c2ccnnc2)cc1. The van der Waals surface area contributed by atoms with Crippen LogP contribution < -0.4 is 9.64 Å². The number of benzene rings is 2. The predicted octanol–water partition coefficient (Wildman–Crippen LogP) is 3.33. The van der Waals surface area contributed by atoms with Crippen LogP contribution in [0.25, 0.3) is 0 Å². The Bertz CT molecular complexity index is 790. The Morgan fingerprint density at radius 2 is 1.75 bits per heavy atom. The van der Waals surface area contributed by atoms with Crippen molar-refractivity contribution in [2.45, 2.75) is 6.54 Å². The Labute approximate surface area is 140 Å². The molecule has 1 aromatic heterocycles. The van der Waals surface area contributed by atoms with Crippen LogP contribution in [0.15, 0.2) is 73.1 Å². The van der Waals surface area contributed by atoms with E-state index in [-0.39, 0.29) is 5.91 Å². The number of carbonyl (C=O) groups excluding carboxylic acids is 1. The maximum atomic E-state index is 12.9. The summed E-state index contributed by atoms with van der Waals surface area (Å²) < 4.78 is 5.19. The van der Waals surface area contributed by atoms with E-state index in [9.17, 15) is 4.79 Å². The highest BCUT2D eigenvalue weighted by Gasteiger charge is 2.18. The van der Waals surface area contributed by atoms with Gasteiger partial charge in [0, 0.05) is 5.69 Å². The average Bonchev–Trinajstić information content (AvgIpc) is 2.67. The molecule has 0 saturated carbocycles. The van der Waals surface area contributed by atoms with Gasteiger partial charge in [0.1, 0.15) is 5.75 Å². The minimum absolute atomic E-state index is 0.126. The van der Waals surface area contributed by atoms with E-state index < -0.39 is 0 Å². The first-order valence-electron chi connectivity index (χ1n) is 7.54. The standard InChI is InChI=1S/C19H17N3O2/c1-24-18-9-7-17(8-10-18)22(14-15-5-3-2-4-6-15)19(23)16-11-12-20-21-13-16/h2-13H,14H2,1H3. The molecule has 0 radical (unpaired) electrons. The highest BCUT2D eigenvalue weighted by molar-refractivity contribution is 6.05. The third-order valence-electron chi connectivity index (χ3n) is 3.64. The highest BCUT2D eigenvalue weighted by atomic mass is 16.5. The molecule has 0 aliphatic carbocycles. The van der Waals surface area contributed by atoms with E-state index in [4.69, 9.17) is 4.74 Å². The second-order valence-electron chi connectivity index (χ2n) is 5.21. The van der Waals surface area contributed by atoms with Gasteiger partial charge in [0.15, 0.2) is 0 Å². The molecule has 5 heteroatoms. The van der Waals surface area contributed by atoms with Gasteiger partial charge < -0.3 is 9.64 Å². The molecular formula is C19H17N3O2. The quantitative estimate of drug-likeness (QED) is 0.724. The van der Waals surface area contributed by atoms with Gasteiger partial charge in [-0.2, -0.15) is 10.2 Å². The van der Waals surface area contributed by atoms with Crippen molar-refractivity contribution in [3.05, 3.63) is 84.2 Å². The topological polar surface area (TPSA) is 55.3 Å². The number of carbonyl (C=O) groups is 1. The number of anilines is 1. The van der Waals surface area contributed by atoms with Crippen molar-refractivity contribution in [1.82, 2.24) is 10.2 Å². The predicted molar refractivity (Wildman–Crippen MR) is 92.0 cm³/mol. The Morgan fingerprint density at radius 1 is 1.00 bits per heavy atom. The number of methoxy groups -OCH3 is 1. The second kappa shape index (κ2) is 7.37. The normalized spacial score (nSPS) is 10.2. The Kier molecular flexibility index (Phi) is 4.81. The summed E-state index contributed by atoms with van der Waals surface area (Å²) in [7, 11) is 1.62. The van der Waals surface area contributed by atoms with Crippen molar-refractivity contribution in [2.24, 2.45) is 0 Å². The van der Waals surface area contributed by atoms with Crippen LogP contribution in [0.3, 0.4) is 0 Å². The van der Waals surface area contributed by atoms with Crippen LogP contribution in [0.4, 0.5) is 5.69 Å². The minimum Gasteiger partial charge on any atom is -0.497 e. The monoisotopic (exact) mass is 319 g/mol. The van der Waals surface area contributed by atoms with Gasteiger partial charge in [-0.25, -0.2) is 0 Å². The van der Waals surface area contributed by atoms with Crippen LogP contribution in [0.2, 0.25) is 0 Å². The zero-order valence-electron chi connectivity index (χ0n) is 13.3. The van der Waals surface area contributed by atoms with Gasteiger partial charge in [-0.15, -0.1) is 0 Å². The zero-order chi connectivity index (χ0) is 16.8. The van der Waals surface area contributed by atoms with Gasteiger partial charge in [0.05, 0.1) is 31.6 Å². The molecule has 2 aromatic carbocycles. The summed E-state index contributed by atoms with van der Waals surface area (Å²) in [5.41, 5.74) is 2.34. The molecule has 0 aliphatic heterocycles. The lowest BCUT2D eigenvalue weighted by atomic mass is 10.1. The molecule has 0 N–H and O–H groups in total. The highest BCUT2D eigenvalue weighted by Crippen LogP contribution is 2.23. The van der Waals surface area contributed by atoms with Crippen molar-refractivity contribution in [2.75, 3.05) is 12.0 Å². The van der Waals surface area contributed by atoms with E-state index in [1.165, 1.54) is 12.4 Å². The molecule has 0 unspecified atom stereocenters. The Balaban J connectivity index is 1.95. The third kappa shape index (κ3) is 3.57. The molecular weight excluding hydrogens is 302 g/mol. The maximum absolute atomic E-state index is 12.9. The number of hydrogen-bond acceptors (Lipinski definition) is 4. The van der Waals surface area contributed by atoms with E-state index in [0.717, 1.165) is 17.0 Å². The molecule has 0 atom stereocenters. The lowest BCUT2D eigenvalue weighted by Gasteiger charge is -2.23. The van der Waals surface area contributed by atoms with Crippen LogP contribution in [0.1, 0.15) is 15.9 Å². The smallest absolute Gasteiger partial charge is 0.260 e. The van der Waals surface area contributed by atoms with Gasteiger partial charge in [-0.1, -0.05) is 30.3 Å². The zero-order valence-corrected chi connectivity index (χ0v) is 13.3. The maximum Gasteiger partial charge on any atom is 0.260 e. The van der Waals surface area contributed by atoms with Crippen LogP contribution in [-0.4, -0.2) is 23.2 Å². The molecule has 120 valence electrons. The largest absolute Gasteiger partial charge is 0.497 e. The summed E-state index contributed by atoms with van der Waals surface area (Å²) in [4.78, 5) is 14.6. The van der Waals surface area contributed by atoms with E-state index in [2.05, 4.69) is 10.2 Å². The van der Waals surface area contributed by atoms with E-state index >= 15 is 0 Å². The summed E-state index contributed by atoms with van der Waals surface area (Å²) in [5.74, 6) is 0.621. The van der Waals surface area contributed by atoms with E-state index in [0.29, 0.717) is 12.1 Å². The van der Waals surface area contributed by atoms with Crippen molar-refractivity contribution >= 4 is 11.6 Å². The first-order chi connectivity index (χ1) is 11.8. The van der Waals surface area contributed by atoms with Gasteiger partial charge in [0.2, 0.25) is 0 Å². The fourth-order valence-electron chi connectivity index (χ4n) is 2.38. The molecule has 3 rings (SSSR count). The molecule has 0 bridgehead atoms. The number of amides is 1. The number of hydrogen-bond donors (Lipinski definition) is 0. The molecule has 1 heterocycles. The minimum atomic E-state index is -0.126. The second-order valence-corrected chi connectivity index (χ2v) is 5.21. The van der Waals surface area contributed by atoms with E-state index in [1.807, 2.05) is 54.6 Å². The first kappa shape index (κ1) is 15.7. The van der Waals surface area contributed by atoms with Crippen LogP contribution in [0.5, 0.6) is 5.75 Å². The molecule has 0 fully saturated rings. The summed E-state index contributed by atoms with van der Waals surface area (Å²) in [5, 5.41) is 7.53. The van der Waals surface area contributed by atoms with Gasteiger partial charge in [-0.3, -0.25) is 4.79 Å². The molecule has 24 heavy (non-hydrogen) atoms. The summed E-state index contributed by atoms with van der Waals surface area (Å²) >= 11 is 0. The molecule has 3 aromatic rings. The lowest BCUT2D eigenvalue weighted by molar-refractivity contribution is 0.0984. The molecule has 0 aliphatic rings. The van der Waals surface area contributed by atoms with Gasteiger partial charge in [-0.05, 0) is 35.9 Å². The van der Waals surface area contributed by atoms with Crippen LogP contribution >= 0.6 is 0 Å². The van der Waals surface area contributed by atoms with Gasteiger partial charge >= 0.3 is 0 Å². The van der Waals surface area contributed by atoms with Crippen molar-refractivity contribution < 1.29 is 9.53 Å². The number of nitrogens with zero attached hydrogens (tertiary/aromatic N) is 3. The van der Waals surface area contributed by atoms with Crippen molar-refractivity contribution in [1.29, 1.82) is 0 Å². The van der Waals surface area contributed by atoms with Gasteiger partial charge in [0.25, 0.3) is 5.91 Å². The van der Waals surface area contributed by atoms with Crippen molar-refractivity contribution in [3.63, 3.8) is 0 Å². The van der Waals surface area contributed by atoms with Crippen LogP contribution in [0, 0.1) is 0 Å². The van der Waals surface area contributed by atoms with Crippen LogP contribution in [-0.2, 0) is 6.54 Å². The Morgan fingerprint density at radius 3 is 2.38 bits per heavy atom. The first-order valence-corrected chi connectivity index (χ1v) is 7.54. The van der Waals surface area contributed by atoms with Crippen molar-refractivity contribution in [3.8, 4) is 5.75 Å². The number of ether oxygens (including phenoxy) is 1. The third-order valence-corrected chi connectivity index (χ3v) is 3.64. The van der Waals surface area contributed by atoms with E-state index in [1.54, 1.807) is 18.1 Å². The summed E-state index contributed by atoms with van der Waals surface area (Å²) in [6.07, 6.45) is 2.99. The Hall–Kier alpha value is -3.21. The molecule has 5 nitrogen and oxygen atoms in total. The molecule has 1 amide bonds. The summed E-state index contributed by atoms with van der Waals surface area (Å²) in [6, 6.07) is 18.9. The fraction of sp³-hybridized carbons (Fsp3) is 0.105.